The third-order valence-corrected chi connectivity index (χ3v) is 7.79. The van der Waals surface area contributed by atoms with Gasteiger partial charge in [0.2, 0.25) is 15.9 Å². The van der Waals surface area contributed by atoms with Gasteiger partial charge in [-0.2, -0.15) is 18.2 Å². The predicted octanol–water partition coefficient (Wildman–Crippen LogP) is 2.70. The smallest absolute Gasteiger partial charge is 0.333 e. The molecule has 0 saturated carbocycles. The summed E-state index contributed by atoms with van der Waals surface area (Å²) in [7, 11) is -2.39. The number of carbonyl (C=O) groups excluding carboxylic acids is 1. The number of ether oxygens (including phenoxy) is 1. The summed E-state index contributed by atoms with van der Waals surface area (Å²) in [5.74, 6) is 0.576. The van der Waals surface area contributed by atoms with Gasteiger partial charge in [0.25, 0.3) is 0 Å². The molecule has 2 heterocycles. The van der Waals surface area contributed by atoms with Gasteiger partial charge < -0.3 is 10.1 Å². The van der Waals surface area contributed by atoms with Crippen LogP contribution in [-0.2, 0) is 21.4 Å². The van der Waals surface area contributed by atoms with Crippen LogP contribution < -0.4 is 10.1 Å². The number of nitrogens with one attached hydrogen (secondary N) is 1. The molecule has 0 spiro atoms. The highest BCUT2D eigenvalue weighted by atomic mass is 32.2. The van der Waals surface area contributed by atoms with Crippen LogP contribution in [0.15, 0.2) is 35.4 Å². The molecule has 1 amide bonds. The lowest BCUT2D eigenvalue weighted by molar-refractivity contribution is -0.132. The minimum absolute atomic E-state index is 0.111. The van der Waals surface area contributed by atoms with Crippen LogP contribution in [0.2, 0.25) is 0 Å². The van der Waals surface area contributed by atoms with E-state index in [4.69, 9.17) is 4.74 Å². The third-order valence-electron chi connectivity index (χ3n) is 5.79. The average molecular weight is 457 g/mol. The van der Waals surface area contributed by atoms with E-state index in [1.807, 2.05) is 24.3 Å². The Morgan fingerprint density at radius 3 is 2.39 bits per heavy atom. The Morgan fingerprint density at radius 2 is 1.87 bits per heavy atom. The highest BCUT2D eigenvalue weighted by Crippen LogP contribution is 2.34. The highest BCUT2D eigenvalue weighted by Gasteiger charge is 2.41. The van der Waals surface area contributed by atoms with Gasteiger partial charge in [-0.3, -0.25) is 4.79 Å². The molecule has 31 heavy (non-hydrogen) atoms. The minimum atomic E-state index is -3.97. The van der Waals surface area contributed by atoms with Crippen molar-refractivity contribution < 1.29 is 26.7 Å². The SMILES string of the molecule is COc1ccc(CNC(=O)C2(C)CCN(S(=O)(=O)c3cnn(C(F)F)c3C)CC2)cc1. The van der Waals surface area contributed by atoms with E-state index in [-0.39, 0.29) is 29.6 Å². The second kappa shape index (κ2) is 8.91. The van der Waals surface area contributed by atoms with Gasteiger partial charge in [-0.05, 0) is 37.5 Å². The first-order valence-electron chi connectivity index (χ1n) is 9.82. The molecular formula is C20H26F2N4O4S. The zero-order valence-electron chi connectivity index (χ0n) is 17.6. The Kier molecular flexibility index (Phi) is 6.65. The van der Waals surface area contributed by atoms with E-state index in [2.05, 4.69) is 10.4 Å². The number of carbonyl (C=O) groups is 1. The number of hydrogen-bond donors (Lipinski definition) is 1. The van der Waals surface area contributed by atoms with Gasteiger partial charge in [0.15, 0.2) is 0 Å². The fourth-order valence-corrected chi connectivity index (χ4v) is 5.17. The molecule has 0 bridgehead atoms. The molecule has 0 aliphatic carbocycles. The van der Waals surface area contributed by atoms with E-state index in [9.17, 15) is 22.0 Å². The van der Waals surface area contributed by atoms with E-state index < -0.39 is 22.0 Å². The van der Waals surface area contributed by atoms with Crippen molar-refractivity contribution in [3.63, 3.8) is 0 Å². The second-order valence-corrected chi connectivity index (χ2v) is 9.72. The van der Waals surface area contributed by atoms with Crippen molar-refractivity contribution in [2.45, 2.75) is 44.7 Å². The molecule has 1 saturated heterocycles. The van der Waals surface area contributed by atoms with Crippen molar-refractivity contribution in [3.05, 3.63) is 41.7 Å². The van der Waals surface area contributed by atoms with Crippen LogP contribution in [0.1, 0.15) is 37.6 Å². The number of alkyl halides is 2. The maximum Gasteiger partial charge on any atom is 0.333 e. The molecule has 1 fully saturated rings. The number of amides is 1. The summed E-state index contributed by atoms with van der Waals surface area (Å²) in [5, 5.41) is 6.40. The van der Waals surface area contributed by atoms with Crippen molar-refractivity contribution in [2.75, 3.05) is 20.2 Å². The first-order chi connectivity index (χ1) is 14.6. The molecule has 1 N–H and O–H groups in total. The van der Waals surface area contributed by atoms with Crippen LogP contribution in [0.4, 0.5) is 8.78 Å². The van der Waals surface area contributed by atoms with E-state index >= 15 is 0 Å². The van der Waals surface area contributed by atoms with Crippen molar-refractivity contribution in [3.8, 4) is 5.75 Å². The molecule has 0 radical (unpaired) electrons. The van der Waals surface area contributed by atoms with Gasteiger partial charge in [0.1, 0.15) is 10.6 Å². The lowest BCUT2D eigenvalue weighted by atomic mass is 9.80. The molecule has 1 aromatic heterocycles. The Morgan fingerprint density at radius 1 is 1.26 bits per heavy atom. The third kappa shape index (κ3) is 4.72. The van der Waals surface area contributed by atoms with Crippen LogP contribution in [0.5, 0.6) is 5.75 Å². The molecular weight excluding hydrogens is 430 g/mol. The standard InChI is InChI=1S/C20H26F2N4O4S/c1-14-17(13-24-26(14)19(21)22)31(28,29)25-10-8-20(2,9-11-25)18(27)23-12-15-4-6-16(30-3)7-5-15/h4-7,13,19H,8-12H2,1-3H3,(H,23,27). The maximum absolute atomic E-state index is 12.9. The molecule has 3 rings (SSSR count). The number of piperidine rings is 1. The van der Waals surface area contributed by atoms with E-state index in [1.165, 1.54) is 11.2 Å². The van der Waals surface area contributed by atoms with Crippen LogP contribution in [0.25, 0.3) is 0 Å². The van der Waals surface area contributed by atoms with Gasteiger partial charge in [0, 0.05) is 25.0 Å². The Balaban J connectivity index is 1.62. The molecule has 8 nitrogen and oxygen atoms in total. The monoisotopic (exact) mass is 456 g/mol. The largest absolute Gasteiger partial charge is 0.497 e. The zero-order valence-corrected chi connectivity index (χ0v) is 18.5. The van der Waals surface area contributed by atoms with E-state index in [0.717, 1.165) is 17.5 Å². The Bertz CT molecular complexity index is 1030. The molecule has 0 unspecified atom stereocenters. The molecule has 0 atom stereocenters. The van der Waals surface area contributed by atoms with Crippen molar-refractivity contribution in [2.24, 2.45) is 5.41 Å². The van der Waals surface area contributed by atoms with Crippen molar-refractivity contribution in [1.29, 1.82) is 0 Å². The highest BCUT2D eigenvalue weighted by molar-refractivity contribution is 7.89. The number of aromatic nitrogens is 2. The van der Waals surface area contributed by atoms with Gasteiger partial charge in [-0.15, -0.1) is 0 Å². The first kappa shape index (κ1) is 23.1. The van der Waals surface area contributed by atoms with Gasteiger partial charge in [-0.1, -0.05) is 19.1 Å². The second-order valence-electron chi connectivity index (χ2n) is 7.81. The van der Waals surface area contributed by atoms with Gasteiger partial charge in [0.05, 0.1) is 19.0 Å². The zero-order chi connectivity index (χ0) is 22.8. The van der Waals surface area contributed by atoms with Crippen molar-refractivity contribution >= 4 is 15.9 Å². The summed E-state index contributed by atoms with van der Waals surface area (Å²) in [4.78, 5) is 12.5. The number of nitrogens with zero attached hydrogens (tertiary/aromatic N) is 3. The first-order valence-corrected chi connectivity index (χ1v) is 11.3. The lowest BCUT2D eigenvalue weighted by Gasteiger charge is -2.37. The molecule has 170 valence electrons. The Labute approximate surface area is 180 Å². The molecule has 1 aliphatic rings. The predicted molar refractivity (Wildman–Crippen MR) is 109 cm³/mol. The van der Waals surface area contributed by atoms with Crippen LogP contribution >= 0.6 is 0 Å². The number of rotatable bonds is 7. The summed E-state index contributed by atoms with van der Waals surface area (Å²) in [6.45, 7) is 0.782. The molecule has 1 aromatic carbocycles. The summed E-state index contributed by atoms with van der Waals surface area (Å²) in [6.07, 6.45) is 1.59. The van der Waals surface area contributed by atoms with Crippen molar-refractivity contribution in [1.82, 2.24) is 19.4 Å². The molecule has 1 aliphatic heterocycles. The summed E-state index contributed by atoms with van der Waals surface area (Å²) >= 11 is 0. The molecule has 11 heteroatoms. The van der Waals surface area contributed by atoms with Crippen LogP contribution in [0.3, 0.4) is 0 Å². The van der Waals surface area contributed by atoms with E-state index in [1.54, 1.807) is 14.0 Å². The quantitative estimate of drug-likeness (QED) is 0.692. The fourth-order valence-electron chi connectivity index (χ4n) is 3.58. The minimum Gasteiger partial charge on any atom is -0.497 e. The number of sulfonamides is 1. The van der Waals surface area contributed by atoms with Gasteiger partial charge >= 0.3 is 6.55 Å². The number of halogens is 2. The summed E-state index contributed by atoms with van der Waals surface area (Å²) in [6, 6.07) is 7.34. The number of benzene rings is 1. The molecule has 2 aromatic rings. The normalized spacial score (nSPS) is 17.0. The number of hydrogen-bond acceptors (Lipinski definition) is 5. The maximum atomic E-state index is 12.9. The fraction of sp³-hybridized carbons (Fsp3) is 0.500. The van der Waals surface area contributed by atoms with Crippen LogP contribution in [0, 0.1) is 12.3 Å². The van der Waals surface area contributed by atoms with Crippen LogP contribution in [-0.4, -0.2) is 48.6 Å². The van der Waals surface area contributed by atoms with Gasteiger partial charge in [-0.25, -0.2) is 13.1 Å². The average Bonchev–Trinajstić information content (AvgIpc) is 3.15. The number of methoxy groups -OCH3 is 1. The van der Waals surface area contributed by atoms with E-state index in [0.29, 0.717) is 24.1 Å². The summed E-state index contributed by atoms with van der Waals surface area (Å²) in [5.41, 5.74) is 0.0885. The lowest BCUT2D eigenvalue weighted by Crippen LogP contribution is -2.48. The topological polar surface area (TPSA) is 93.5 Å². The summed E-state index contributed by atoms with van der Waals surface area (Å²) < 4.78 is 58.4. The Hall–Kier alpha value is -2.53.